The molecule has 0 spiro atoms. The smallest absolute Gasteiger partial charge is 0.0471 e. The Morgan fingerprint density at radius 3 is 2.58 bits per heavy atom. The van der Waals surface area contributed by atoms with Crippen LogP contribution in [-0.4, -0.2) is 44.7 Å². The van der Waals surface area contributed by atoms with Gasteiger partial charge < -0.3 is 15.1 Å². The van der Waals surface area contributed by atoms with Crippen LogP contribution in [0.25, 0.3) is 0 Å². The van der Waals surface area contributed by atoms with Gasteiger partial charge in [-0.1, -0.05) is 24.6 Å². The maximum absolute atomic E-state index is 6.38. The highest BCUT2D eigenvalue weighted by Crippen LogP contribution is 2.24. The van der Waals surface area contributed by atoms with Crippen molar-refractivity contribution in [3.8, 4) is 0 Å². The monoisotopic (exact) mass is 281 g/mol. The van der Waals surface area contributed by atoms with Gasteiger partial charge in [-0.2, -0.15) is 0 Å². The van der Waals surface area contributed by atoms with Gasteiger partial charge in [-0.15, -0.1) is 0 Å². The van der Waals surface area contributed by atoms with Crippen molar-refractivity contribution in [3.63, 3.8) is 0 Å². The molecule has 1 aliphatic heterocycles. The van der Waals surface area contributed by atoms with Gasteiger partial charge in [0.05, 0.1) is 0 Å². The first kappa shape index (κ1) is 14.6. The van der Waals surface area contributed by atoms with Crippen LogP contribution in [0, 0.1) is 0 Å². The Morgan fingerprint density at radius 2 is 1.95 bits per heavy atom. The van der Waals surface area contributed by atoms with Crippen molar-refractivity contribution in [1.29, 1.82) is 0 Å². The number of nitrogens with one attached hydrogen (secondary N) is 1. The molecular formula is C15H24ClN3. The van der Waals surface area contributed by atoms with Crippen molar-refractivity contribution in [2.45, 2.75) is 19.9 Å². The summed E-state index contributed by atoms with van der Waals surface area (Å²) >= 11 is 6.38. The molecule has 1 N–H and O–H groups in total. The van der Waals surface area contributed by atoms with E-state index in [1.165, 1.54) is 11.3 Å². The maximum atomic E-state index is 6.38. The number of rotatable bonds is 5. The van der Waals surface area contributed by atoms with Gasteiger partial charge in [-0.3, -0.25) is 0 Å². The van der Waals surface area contributed by atoms with Gasteiger partial charge in [0.25, 0.3) is 0 Å². The molecule has 0 radical (unpaired) electrons. The third-order valence-corrected chi connectivity index (χ3v) is 4.00. The number of hydrogen-bond acceptors (Lipinski definition) is 3. The van der Waals surface area contributed by atoms with E-state index in [0.717, 1.165) is 50.7 Å². The summed E-state index contributed by atoms with van der Waals surface area (Å²) in [6, 6.07) is 6.45. The zero-order valence-corrected chi connectivity index (χ0v) is 12.7. The molecule has 0 bridgehead atoms. The quantitative estimate of drug-likeness (QED) is 0.837. The molecule has 0 unspecified atom stereocenters. The molecule has 3 nitrogen and oxygen atoms in total. The molecular weight excluding hydrogens is 258 g/mol. The van der Waals surface area contributed by atoms with Crippen LogP contribution in [0.5, 0.6) is 0 Å². The lowest BCUT2D eigenvalue weighted by molar-refractivity contribution is 0.313. The first-order valence-electron chi connectivity index (χ1n) is 7.13. The van der Waals surface area contributed by atoms with Crippen molar-refractivity contribution in [3.05, 3.63) is 28.8 Å². The second-order valence-corrected chi connectivity index (χ2v) is 5.65. The second-order valence-electron chi connectivity index (χ2n) is 5.24. The summed E-state index contributed by atoms with van der Waals surface area (Å²) in [4.78, 5) is 4.77. The highest BCUT2D eigenvalue weighted by Gasteiger charge is 2.15. The summed E-state index contributed by atoms with van der Waals surface area (Å²) in [5.41, 5.74) is 2.44. The predicted octanol–water partition coefficient (Wildman–Crippen LogP) is 2.59. The fourth-order valence-electron chi connectivity index (χ4n) is 2.34. The lowest BCUT2D eigenvalue weighted by atomic mass is 10.1. The highest BCUT2D eigenvalue weighted by atomic mass is 35.5. The molecule has 4 heteroatoms. The van der Waals surface area contributed by atoms with Gasteiger partial charge in [0, 0.05) is 43.4 Å². The normalized spacial score (nSPS) is 16.9. The SMILES string of the molecule is CCCNCc1ccc(N2CCN(C)CC2)cc1Cl. The van der Waals surface area contributed by atoms with Crippen molar-refractivity contribution < 1.29 is 0 Å². The van der Waals surface area contributed by atoms with Gasteiger partial charge in [0.2, 0.25) is 0 Å². The van der Waals surface area contributed by atoms with Crippen LogP contribution in [0.15, 0.2) is 18.2 Å². The summed E-state index contributed by atoms with van der Waals surface area (Å²) in [7, 11) is 2.17. The van der Waals surface area contributed by atoms with E-state index >= 15 is 0 Å². The Kier molecular flexibility index (Phi) is 5.49. The molecule has 0 aromatic heterocycles. The number of nitrogens with zero attached hydrogens (tertiary/aromatic N) is 2. The number of likely N-dealkylation sites (N-methyl/N-ethyl adjacent to an activating group) is 1. The van der Waals surface area contributed by atoms with E-state index in [9.17, 15) is 0 Å². The molecule has 106 valence electrons. The topological polar surface area (TPSA) is 18.5 Å². The zero-order chi connectivity index (χ0) is 13.7. The molecule has 1 saturated heterocycles. The van der Waals surface area contributed by atoms with Crippen molar-refractivity contribution in [1.82, 2.24) is 10.2 Å². The van der Waals surface area contributed by atoms with Gasteiger partial charge in [0.1, 0.15) is 0 Å². The number of hydrogen-bond donors (Lipinski definition) is 1. The van der Waals surface area contributed by atoms with Crippen LogP contribution in [0.3, 0.4) is 0 Å². The number of piperazine rings is 1. The lowest BCUT2D eigenvalue weighted by Crippen LogP contribution is -2.44. The molecule has 19 heavy (non-hydrogen) atoms. The minimum absolute atomic E-state index is 0.857. The Hall–Kier alpha value is -0.770. The molecule has 0 aliphatic carbocycles. The summed E-state index contributed by atoms with van der Waals surface area (Å²) in [5, 5.41) is 4.27. The zero-order valence-electron chi connectivity index (χ0n) is 12.0. The van der Waals surface area contributed by atoms with Crippen LogP contribution in [-0.2, 0) is 6.54 Å². The molecule has 0 amide bonds. The summed E-state index contributed by atoms with van der Waals surface area (Å²) < 4.78 is 0. The number of anilines is 1. The summed E-state index contributed by atoms with van der Waals surface area (Å²) in [6.45, 7) is 8.48. The van der Waals surface area contributed by atoms with E-state index in [0.29, 0.717) is 0 Å². The maximum Gasteiger partial charge on any atom is 0.0471 e. The predicted molar refractivity (Wildman–Crippen MR) is 83.2 cm³/mol. The lowest BCUT2D eigenvalue weighted by Gasteiger charge is -2.34. The Labute approximate surface area is 121 Å². The number of halogens is 1. The van der Waals surface area contributed by atoms with Gasteiger partial charge >= 0.3 is 0 Å². The van der Waals surface area contributed by atoms with E-state index in [1.807, 2.05) is 0 Å². The summed E-state index contributed by atoms with van der Waals surface area (Å²) in [6.07, 6.45) is 1.15. The number of benzene rings is 1. The first-order chi connectivity index (χ1) is 9.20. The third kappa shape index (κ3) is 4.10. The Morgan fingerprint density at radius 1 is 1.21 bits per heavy atom. The minimum atomic E-state index is 0.857. The van der Waals surface area contributed by atoms with Crippen LogP contribution < -0.4 is 10.2 Å². The molecule has 1 fully saturated rings. The van der Waals surface area contributed by atoms with E-state index < -0.39 is 0 Å². The fourth-order valence-corrected chi connectivity index (χ4v) is 2.58. The van der Waals surface area contributed by atoms with Crippen molar-refractivity contribution >= 4 is 17.3 Å². The molecule has 1 aromatic rings. The fraction of sp³-hybridized carbons (Fsp3) is 0.600. The van der Waals surface area contributed by atoms with E-state index in [4.69, 9.17) is 11.6 Å². The minimum Gasteiger partial charge on any atom is -0.369 e. The molecule has 2 rings (SSSR count). The average molecular weight is 282 g/mol. The highest BCUT2D eigenvalue weighted by molar-refractivity contribution is 6.31. The molecule has 1 aromatic carbocycles. The van der Waals surface area contributed by atoms with Crippen molar-refractivity contribution in [2.24, 2.45) is 0 Å². The molecule has 0 saturated carbocycles. The van der Waals surface area contributed by atoms with Gasteiger partial charge in [-0.05, 0) is 37.7 Å². The van der Waals surface area contributed by atoms with Gasteiger partial charge in [0.15, 0.2) is 0 Å². The van der Waals surface area contributed by atoms with Crippen LogP contribution in [0.4, 0.5) is 5.69 Å². The Balaban J connectivity index is 1.98. The van der Waals surface area contributed by atoms with E-state index in [1.54, 1.807) is 0 Å². The molecule has 1 heterocycles. The van der Waals surface area contributed by atoms with Crippen LogP contribution in [0.2, 0.25) is 5.02 Å². The second kappa shape index (κ2) is 7.13. The average Bonchev–Trinajstić information content (AvgIpc) is 2.42. The van der Waals surface area contributed by atoms with E-state index in [2.05, 4.69) is 47.3 Å². The van der Waals surface area contributed by atoms with Gasteiger partial charge in [-0.25, -0.2) is 0 Å². The van der Waals surface area contributed by atoms with E-state index in [-0.39, 0.29) is 0 Å². The van der Waals surface area contributed by atoms with Crippen molar-refractivity contribution in [2.75, 3.05) is 44.7 Å². The largest absolute Gasteiger partial charge is 0.369 e. The third-order valence-electron chi connectivity index (χ3n) is 3.65. The molecule has 1 aliphatic rings. The Bertz CT molecular complexity index is 400. The summed E-state index contributed by atoms with van der Waals surface area (Å²) in [5.74, 6) is 0. The van der Waals surface area contributed by atoms with Crippen LogP contribution >= 0.6 is 11.6 Å². The first-order valence-corrected chi connectivity index (χ1v) is 7.51. The standard InChI is InChI=1S/C15H24ClN3/c1-3-6-17-12-13-4-5-14(11-15(13)16)19-9-7-18(2)8-10-19/h4-5,11,17H,3,6-10,12H2,1-2H3. The van der Waals surface area contributed by atoms with Crippen LogP contribution in [0.1, 0.15) is 18.9 Å². The molecule has 0 atom stereocenters.